The Hall–Kier alpha value is -1.03. The molecular formula is C9H15N3O. The highest BCUT2D eigenvalue weighted by Gasteiger charge is 2.22. The highest BCUT2D eigenvalue weighted by Crippen LogP contribution is 2.23. The van der Waals surface area contributed by atoms with Crippen molar-refractivity contribution < 1.29 is 4.42 Å². The Morgan fingerprint density at radius 2 is 2.46 bits per heavy atom. The third-order valence-corrected chi connectivity index (χ3v) is 2.01. The normalized spacial score (nSPS) is 16.1. The second kappa shape index (κ2) is 3.79. The van der Waals surface area contributed by atoms with Gasteiger partial charge in [-0.15, -0.1) is 0 Å². The molecule has 0 aromatic carbocycles. The van der Waals surface area contributed by atoms with E-state index in [2.05, 4.69) is 22.5 Å². The number of hydrogen-bond acceptors (Lipinski definition) is 4. The van der Waals surface area contributed by atoms with Crippen LogP contribution in [0.25, 0.3) is 0 Å². The van der Waals surface area contributed by atoms with Crippen LogP contribution in [0, 0.1) is 0 Å². The molecule has 0 saturated heterocycles. The average Bonchev–Trinajstić information content (AvgIpc) is 2.81. The Kier molecular flexibility index (Phi) is 2.49. The average molecular weight is 181 g/mol. The Labute approximate surface area is 77.7 Å². The molecule has 1 aliphatic rings. The Morgan fingerprint density at radius 3 is 3.15 bits per heavy atom. The van der Waals surface area contributed by atoms with Gasteiger partial charge in [0, 0.05) is 12.6 Å². The topological polar surface area (TPSA) is 50.1 Å². The zero-order valence-electron chi connectivity index (χ0n) is 7.84. The van der Waals surface area contributed by atoms with E-state index in [1.54, 1.807) is 6.26 Å². The van der Waals surface area contributed by atoms with E-state index in [0.29, 0.717) is 12.1 Å². The van der Waals surface area contributed by atoms with E-state index < -0.39 is 0 Å². The third kappa shape index (κ3) is 2.45. The highest BCUT2D eigenvalue weighted by molar-refractivity contribution is 5.25. The fourth-order valence-corrected chi connectivity index (χ4v) is 1.11. The lowest BCUT2D eigenvalue weighted by Crippen LogP contribution is -2.12. The molecule has 1 aromatic heterocycles. The molecule has 1 fully saturated rings. The molecule has 0 spiro atoms. The summed E-state index contributed by atoms with van der Waals surface area (Å²) in [6.07, 6.45) is 4.18. The molecule has 0 aliphatic heterocycles. The van der Waals surface area contributed by atoms with Crippen molar-refractivity contribution in [1.29, 1.82) is 0 Å². The second-order valence-corrected chi connectivity index (χ2v) is 3.34. The Bertz CT molecular complexity index is 268. The van der Waals surface area contributed by atoms with Gasteiger partial charge in [0.05, 0.1) is 5.69 Å². The molecule has 72 valence electrons. The van der Waals surface area contributed by atoms with Crippen LogP contribution >= 0.6 is 0 Å². The Morgan fingerprint density at radius 1 is 1.62 bits per heavy atom. The van der Waals surface area contributed by atoms with Gasteiger partial charge in [0.1, 0.15) is 6.26 Å². The van der Waals surface area contributed by atoms with E-state index in [1.165, 1.54) is 12.8 Å². The van der Waals surface area contributed by atoms with Crippen molar-refractivity contribution in [3.05, 3.63) is 12.0 Å². The molecule has 4 nitrogen and oxygen atoms in total. The lowest BCUT2D eigenvalue weighted by Gasteiger charge is -1.95. The number of aromatic nitrogens is 1. The first-order valence-corrected chi connectivity index (χ1v) is 4.80. The van der Waals surface area contributed by atoms with Crippen molar-refractivity contribution in [1.82, 2.24) is 10.3 Å². The van der Waals surface area contributed by atoms with E-state index in [-0.39, 0.29) is 0 Å². The van der Waals surface area contributed by atoms with Crippen molar-refractivity contribution in [2.45, 2.75) is 32.4 Å². The lowest BCUT2D eigenvalue weighted by molar-refractivity contribution is 0.567. The number of hydrogen-bond donors (Lipinski definition) is 2. The van der Waals surface area contributed by atoms with Gasteiger partial charge in [-0.05, 0) is 19.4 Å². The van der Waals surface area contributed by atoms with Crippen molar-refractivity contribution >= 4 is 6.01 Å². The predicted molar refractivity (Wildman–Crippen MR) is 50.5 cm³/mol. The van der Waals surface area contributed by atoms with Gasteiger partial charge in [0.2, 0.25) is 0 Å². The van der Waals surface area contributed by atoms with Gasteiger partial charge in [0.15, 0.2) is 0 Å². The van der Waals surface area contributed by atoms with Gasteiger partial charge in [0.25, 0.3) is 6.01 Å². The maximum absolute atomic E-state index is 5.25. The molecule has 1 aromatic rings. The number of rotatable bonds is 5. The fraction of sp³-hybridized carbons (Fsp3) is 0.667. The van der Waals surface area contributed by atoms with E-state index in [0.717, 1.165) is 18.8 Å². The first kappa shape index (κ1) is 8.56. The maximum Gasteiger partial charge on any atom is 0.294 e. The summed E-state index contributed by atoms with van der Waals surface area (Å²) in [4.78, 5) is 4.29. The number of nitrogens with zero attached hydrogens (tertiary/aromatic N) is 1. The summed E-state index contributed by atoms with van der Waals surface area (Å²) >= 11 is 0. The van der Waals surface area contributed by atoms with Gasteiger partial charge in [-0.1, -0.05) is 6.92 Å². The van der Waals surface area contributed by atoms with E-state index in [4.69, 9.17) is 4.42 Å². The monoisotopic (exact) mass is 181 g/mol. The minimum Gasteiger partial charge on any atom is -0.432 e. The van der Waals surface area contributed by atoms with Gasteiger partial charge in [-0.25, -0.2) is 0 Å². The number of anilines is 1. The summed E-state index contributed by atoms with van der Waals surface area (Å²) < 4.78 is 5.25. The van der Waals surface area contributed by atoms with Gasteiger partial charge >= 0.3 is 0 Å². The Balaban J connectivity index is 1.84. The van der Waals surface area contributed by atoms with Crippen LogP contribution in [-0.2, 0) is 6.54 Å². The molecule has 2 N–H and O–H groups in total. The van der Waals surface area contributed by atoms with Crippen LogP contribution in [0.15, 0.2) is 10.7 Å². The molecule has 0 amide bonds. The third-order valence-electron chi connectivity index (χ3n) is 2.01. The minimum absolute atomic E-state index is 0.602. The van der Waals surface area contributed by atoms with Crippen LogP contribution in [0.1, 0.15) is 25.5 Å². The first-order chi connectivity index (χ1) is 6.38. The summed E-state index contributed by atoms with van der Waals surface area (Å²) in [5, 5.41) is 6.40. The largest absolute Gasteiger partial charge is 0.432 e. The molecule has 0 bridgehead atoms. The minimum atomic E-state index is 0.602. The van der Waals surface area contributed by atoms with Crippen LogP contribution in [-0.4, -0.2) is 17.6 Å². The molecule has 1 aliphatic carbocycles. The zero-order chi connectivity index (χ0) is 9.10. The van der Waals surface area contributed by atoms with Crippen molar-refractivity contribution in [2.24, 2.45) is 0 Å². The maximum atomic E-state index is 5.25. The van der Waals surface area contributed by atoms with Crippen molar-refractivity contribution in [3.8, 4) is 0 Å². The molecule has 1 saturated carbocycles. The SMILES string of the molecule is CCNCc1coc(NC2CC2)n1. The van der Waals surface area contributed by atoms with Crippen LogP contribution in [0.3, 0.4) is 0 Å². The van der Waals surface area contributed by atoms with E-state index in [1.807, 2.05) is 0 Å². The summed E-state index contributed by atoms with van der Waals surface area (Å²) in [5.74, 6) is 0. The zero-order valence-corrected chi connectivity index (χ0v) is 7.84. The van der Waals surface area contributed by atoms with Crippen LogP contribution in [0.5, 0.6) is 0 Å². The second-order valence-electron chi connectivity index (χ2n) is 3.34. The van der Waals surface area contributed by atoms with E-state index >= 15 is 0 Å². The fourth-order valence-electron chi connectivity index (χ4n) is 1.11. The molecule has 0 radical (unpaired) electrons. The summed E-state index contributed by atoms with van der Waals surface area (Å²) in [6, 6.07) is 1.26. The summed E-state index contributed by atoms with van der Waals surface area (Å²) in [5.41, 5.74) is 0.963. The van der Waals surface area contributed by atoms with Crippen LogP contribution < -0.4 is 10.6 Å². The molecular weight excluding hydrogens is 166 g/mol. The van der Waals surface area contributed by atoms with Gasteiger partial charge < -0.3 is 15.1 Å². The highest BCUT2D eigenvalue weighted by atomic mass is 16.4. The standard InChI is InChI=1S/C9H15N3O/c1-2-10-5-8-6-13-9(12-8)11-7-3-4-7/h6-7,10H,2-5H2,1H3,(H,11,12). The lowest BCUT2D eigenvalue weighted by atomic mass is 10.5. The van der Waals surface area contributed by atoms with Crippen molar-refractivity contribution in [3.63, 3.8) is 0 Å². The first-order valence-electron chi connectivity index (χ1n) is 4.80. The molecule has 1 heterocycles. The molecule has 0 atom stereocenters. The summed E-state index contributed by atoms with van der Waals surface area (Å²) in [6.45, 7) is 3.81. The van der Waals surface area contributed by atoms with E-state index in [9.17, 15) is 0 Å². The quantitative estimate of drug-likeness (QED) is 0.720. The molecule has 2 rings (SSSR count). The molecule has 4 heteroatoms. The molecule has 0 unspecified atom stereocenters. The van der Waals surface area contributed by atoms with Crippen molar-refractivity contribution in [2.75, 3.05) is 11.9 Å². The predicted octanol–water partition coefficient (Wildman–Crippen LogP) is 1.36. The van der Waals surface area contributed by atoms with Crippen LogP contribution in [0.4, 0.5) is 6.01 Å². The van der Waals surface area contributed by atoms with Gasteiger partial charge in [-0.3, -0.25) is 0 Å². The molecule has 13 heavy (non-hydrogen) atoms. The van der Waals surface area contributed by atoms with Crippen LogP contribution in [0.2, 0.25) is 0 Å². The van der Waals surface area contributed by atoms with Gasteiger partial charge in [-0.2, -0.15) is 4.98 Å². The number of oxazole rings is 1. The summed E-state index contributed by atoms with van der Waals surface area (Å²) in [7, 11) is 0. The smallest absolute Gasteiger partial charge is 0.294 e. The number of nitrogens with one attached hydrogen (secondary N) is 2.